The van der Waals surface area contributed by atoms with E-state index in [0.29, 0.717) is 37.6 Å². The van der Waals surface area contributed by atoms with Crippen LogP contribution in [0.1, 0.15) is 18.4 Å². The molecule has 6 nitrogen and oxygen atoms in total. The Labute approximate surface area is 140 Å². The smallest absolute Gasteiger partial charge is 0.407 e. The van der Waals surface area contributed by atoms with Crippen LogP contribution in [0.5, 0.6) is 0 Å². The molecule has 0 atom stereocenters. The van der Waals surface area contributed by atoms with E-state index < -0.39 is 6.09 Å². The summed E-state index contributed by atoms with van der Waals surface area (Å²) in [5.41, 5.74) is 1.88. The van der Waals surface area contributed by atoms with Crippen molar-refractivity contribution in [2.75, 3.05) is 37.6 Å². The minimum atomic E-state index is -0.856. The molecular formula is C16H20ClN3O3. The van der Waals surface area contributed by atoms with Gasteiger partial charge >= 0.3 is 6.09 Å². The number of benzene rings is 1. The van der Waals surface area contributed by atoms with Gasteiger partial charge in [-0.1, -0.05) is 17.7 Å². The maximum absolute atomic E-state index is 11.9. The van der Waals surface area contributed by atoms with Gasteiger partial charge in [0.2, 0.25) is 5.91 Å². The number of nitrogens with zero attached hydrogens (tertiary/aromatic N) is 3. The lowest BCUT2D eigenvalue weighted by Crippen LogP contribution is -2.47. The van der Waals surface area contributed by atoms with Crippen LogP contribution in [0.25, 0.3) is 0 Å². The zero-order valence-electron chi connectivity index (χ0n) is 12.9. The molecule has 0 spiro atoms. The molecule has 2 aliphatic rings. The summed E-state index contributed by atoms with van der Waals surface area (Å²) in [5, 5.41) is 9.58. The Bertz CT molecular complexity index is 615. The summed E-state index contributed by atoms with van der Waals surface area (Å²) in [6.07, 6.45) is 0.597. The molecule has 1 N–H and O–H groups in total. The van der Waals surface area contributed by atoms with Crippen molar-refractivity contribution in [2.24, 2.45) is 0 Å². The van der Waals surface area contributed by atoms with Crippen LogP contribution in [0.15, 0.2) is 18.2 Å². The van der Waals surface area contributed by atoms with Crippen molar-refractivity contribution >= 4 is 29.3 Å². The fraction of sp³-hybridized carbons (Fsp3) is 0.500. The molecule has 0 aromatic heterocycles. The molecule has 0 saturated carbocycles. The Morgan fingerprint density at radius 1 is 1.17 bits per heavy atom. The summed E-state index contributed by atoms with van der Waals surface area (Å²) in [5.74, 6) is 0.124. The highest BCUT2D eigenvalue weighted by Gasteiger charge is 2.24. The van der Waals surface area contributed by atoms with E-state index in [4.69, 9.17) is 16.7 Å². The number of carboxylic acid groups (broad SMARTS) is 1. The normalized spacial score (nSPS) is 19.4. The summed E-state index contributed by atoms with van der Waals surface area (Å²) in [6, 6.07) is 5.79. The van der Waals surface area contributed by atoms with Gasteiger partial charge in [0.05, 0.1) is 10.7 Å². The topological polar surface area (TPSA) is 64.1 Å². The average Bonchev–Trinajstić information content (AvgIpc) is 2.96. The van der Waals surface area contributed by atoms with E-state index in [0.717, 1.165) is 30.8 Å². The van der Waals surface area contributed by atoms with Crippen molar-refractivity contribution in [1.82, 2.24) is 9.80 Å². The molecule has 0 unspecified atom stereocenters. The first kappa shape index (κ1) is 16.1. The molecule has 2 heterocycles. The fourth-order valence-corrected chi connectivity index (χ4v) is 3.34. The standard InChI is InChI=1S/C16H20ClN3O3/c17-13-4-3-12(10-14(13)20-5-1-2-15(20)21)11-18-6-8-19(9-7-18)16(22)23/h3-4,10H,1-2,5-9,11H2,(H,22,23). The quantitative estimate of drug-likeness (QED) is 0.919. The number of hydrogen-bond acceptors (Lipinski definition) is 3. The van der Waals surface area contributed by atoms with Crippen LogP contribution in [-0.4, -0.2) is 59.6 Å². The lowest BCUT2D eigenvalue weighted by molar-refractivity contribution is -0.117. The van der Waals surface area contributed by atoms with E-state index in [1.165, 1.54) is 4.90 Å². The van der Waals surface area contributed by atoms with E-state index in [2.05, 4.69) is 4.90 Å². The molecule has 0 bridgehead atoms. The highest BCUT2D eigenvalue weighted by Crippen LogP contribution is 2.30. The van der Waals surface area contributed by atoms with Crippen LogP contribution in [0.4, 0.5) is 10.5 Å². The van der Waals surface area contributed by atoms with Crippen molar-refractivity contribution in [3.8, 4) is 0 Å². The predicted molar refractivity (Wildman–Crippen MR) is 87.9 cm³/mol. The van der Waals surface area contributed by atoms with Gasteiger partial charge in [-0.15, -0.1) is 0 Å². The molecule has 2 amide bonds. The van der Waals surface area contributed by atoms with Gasteiger partial charge in [-0.2, -0.15) is 0 Å². The largest absolute Gasteiger partial charge is 0.465 e. The second-order valence-corrected chi connectivity index (χ2v) is 6.39. The summed E-state index contributed by atoms with van der Waals surface area (Å²) in [7, 11) is 0. The van der Waals surface area contributed by atoms with E-state index >= 15 is 0 Å². The fourth-order valence-electron chi connectivity index (χ4n) is 3.12. The van der Waals surface area contributed by atoms with Crippen molar-refractivity contribution in [1.29, 1.82) is 0 Å². The number of hydrogen-bond donors (Lipinski definition) is 1. The minimum Gasteiger partial charge on any atom is -0.465 e. The summed E-state index contributed by atoms with van der Waals surface area (Å²) < 4.78 is 0. The van der Waals surface area contributed by atoms with E-state index in [-0.39, 0.29) is 5.91 Å². The first-order chi connectivity index (χ1) is 11.0. The SMILES string of the molecule is O=C(O)N1CCN(Cc2ccc(Cl)c(N3CCCC3=O)c2)CC1. The van der Waals surface area contributed by atoms with Crippen molar-refractivity contribution in [3.63, 3.8) is 0 Å². The van der Waals surface area contributed by atoms with Crippen LogP contribution in [0.2, 0.25) is 5.02 Å². The first-order valence-corrected chi connectivity index (χ1v) is 8.21. The lowest BCUT2D eigenvalue weighted by Gasteiger charge is -2.33. The third-order valence-corrected chi connectivity index (χ3v) is 4.74. The Morgan fingerprint density at radius 3 is 2.52 bits per heavy atom. The maximum atomic E-state index is 11.9. The van der Waals surface area contributed by atoms with Gasteiger partial charge in [0, 0.05) is 45.7 Å². The highest BCUT2D eigenvalue weighted by atomic mass is 35.5. The summed E-state index contributed by atoms with van der Waals surface area (Å²) >= 11 is 6.26. The number of halogens is 1. The van der Waals surface area contributed by atoms with Crippen molar-refractivity contribution in [3.05, 3.63) is 28.8 Å². The van der Waals surface area contributed by atoms with Gasteiger partial charge < -0.3 is 14.9 Å². The molecule has 7 heteroatoms. The maximum Gasteiger partial charge on any atom is 0.407 e. The van der Waals surface area contributed by atoms with E-state index in [1.807, 2.05) is 18.2 Å². The number of rotatable bonds is 3. The van der Waals surface area contributed by atoms with Gasteiger partial charge in [-0.05, 0) is 24.1 Å². The van der Waals surface area contributed by atoms with E-state index in [1.54, 1.807) is 4.90 Å². The molecule has 2 saturated heterocycles. The molecular weight excluding hydrogens is 318 g/mol. The van der Waals surface area contributed by atoms with Crippen LogP contribution >= 0.6 is 11.6 Å². The van der Waals surface area contributed by atoms with Crippen molar-refractivity contribution in [2.45, 2.75) is 19.4 Å². The van der Waals surface area contributed by atoms with Gasteiger partial charge in [-0.25, -0.2) is 4.79 Å². The Morgan fingerprint density at radius 2 is 1.91 bits per heavy atom. The van der Waals surface area contributed by atoms with Gasteiger partial charge in [0.15, 0.2) is 0 Å². The third-order valence-electron chi connectivity index (χ3n) is 4.42. The minimum absolute atomic E-state index is 0.124. The average molecular weight is 338 g/mol. The molecule has 23 heavy (non-hydrogen) atoms. The Kier molecular flexibility index (Phi) is 4.73. The second kappa shape index (κ2) is 6.76. The zero-order chi connectivity index (χ0) is 16.4. The summed E-state index contributed by atoms with van der Waals surface area (Å²) in [6.45, 7) is 3.94. The number of piperazine rings is 1. The number of carbonyl (C=O) groups excluding carboxylic acids is 1. The first-order valence-electron chi connectivity index (χ1n) is 7.83. The molecule has 2 aliphatic heterocycles. The van der Waals surface area contributed by atoms with Crippen LogP contribution in [-0.2, 0) is 11.3 Å². The van der Waals surface area contributed by atoms with Crippen LogP contribution in [0.3, 0.4) is 0 Å². The van der Waals surface area contributed by atoms with E-state index in [9.17, 15) is 9.59 Å². The third kappa shape index (κ3) is 3.59. The van der Waals surface area contributed by atoms with Crippen molar-refractivity contribution < 1.29 is 14.7 Å². The van der Waals surface area contributed by atoms with Crippen LogP contribution < -0.4 is 4.90 Å². The molecule has 1 aromatic rings. The molecule has 3 rings (SSSR count). The molecule has 1 aromatic carbocycles. The summed E-state index contributed by atoms with van der Waals surface area (Å²) in [4.78, 5) is 28.3. The monoisotopic (exact) mass is 337 g/mol. The van der Waals surface area contributed by atoms with Gasteiger partial charge in [0.1, 0.15) is 0 Å². The Hall–Kier alpha value is -1.79. The molecule has 0 aliphatic carbocycles. The number of anilines is 1. The van der Waals surface area contributed by atoms with Gasteiger partial charge in [-0.3, -0.25) is 9.69 Å². The second-order valence-electron chi connectivity index (χ2n) is 5.98. The predicted octanol–water partition coefficient (Wildman–Crippen LogP) is 2.26. The molecule has 124 valence electrons. The number of amides is 2. The lowest BCUT2D eigenvalue weighted by atomic mass is 10.1. The van der Waals surface area contributed by atoms with Gasteiger partial charge in [0.25, 0.3) is 0 Å². The van der Waals surface area contributed by atoms with Crippen LogP contribution in [0, 0.1) is 0 Å². The highest BCUT2D eigenvalue weighted by molar-refractivity contribution is 6.33. The molecule has 2 fully saturated rings. The molecule has 0 radical (unpaired) electrons. The zero-order valence-corrected chi connectivity index (χ0v) is 13.6. The Balaban J connectivity index is 1.67. The number of carbonyl (C=O) groups is 2.